The maximum absolute atomic E-state index is 13.3. The molecule has 1 saturated carbocycles. The second kappa shape index (κ2) is 8.82. The summed E-state index contributed by atoms with van der Waals surface area (Å²) in [5, 5.41) is 14.5. The standard InChI is InChI=1S/C23H24FN5/c24-18-4-1-3-16(13-18)15-27-22-6-2-5-21(29-22)17-11-12-26-23(14-17)28-20-9-7-19(25)8-10-20/h1-6,11-14,20,25H,7-10,15H2,(H,26,28)(H,27,29). The number of benzene rings is 1. The SMILES string of the molecule is N=C1CCC(Nc2cc(-c3cccc(NCc4cccc(F)c4)n3)ccn2)CC1. The Balaban J connectivity index is 1.44. The van der Waals surface area contributed by atoms with E-state index in [4.69, 9.17) is 5.41 Å². The predicted molar refractivity (Wildman–Crippen MR) is 115 cm³/mol. The van der Waals surface area contributed by atoms with Gasteiger partial charge in [0.25, 0.3) is 0 Å². The van der Waals surface area contributed by atoms with E-state index in [1.165, 1.54) is 12.1 Å². The van der Waals surface area contributed by atoms with Crippen molar-refractivity contribution in [3.63, 3.8) is 0 Å². The molecule has 1 aromatic carbocycles. The van der Waals surface area contributed by atoms with Crippen LogP contribution in [0.2, 0.25) is 0 Å². The van der Waals surface area contributed by atoms with Gasteiger partial charge in [0.15, 0.2) is 0 Å². The topological polar surface area (TPSA) is 73.7 Å². The zero-order valence-electron chi connectivity index (χ0n) is 16.2. The Bertz CT molecular complexity index is 994. The number of nitrogens with zero attached hydrogens (tertiary/aromatic N) is 2. The van der Waals surface area contributed by atoms with Gasteiger partial charge in [0, 0.05) is 30.1 Å². The molecule has 6 heteroatoms. The van der Waals surface area contributed by atoms with Crippen LogP contribution in [0.15, 0.2) is 60.8 Å². The fraction of sp³-hybridized carbons (Fsp3) is 0.261. The highest BCUT2D eigenvalue weighted by atomic mass is 19.1. The molecule has 4 rings (SSSR count). The van der Waals surface area contributed by atoms with Crippen LogP contribution in [0.25, 0.3) is 11.3 Å². The Labute approximate surface area is 169 Å². The molecule has 0 amide bonds. The lowest BCUT2D eigenvalue weighted by molar-refractivity contribution is 0.588. The van der Waals surface area contributed by atoms with Crippen LogP contribution < -0.4 is 10.6 Å². The van der Waals surface area contributed by atoms with Crippen LogP contribution in [-0.2, 0) is 6.54 Å². The molecular weight excluding hydrogens is 365 g/mol. The van der Waals surface area contributed by atoms with Gasteiger partial charge in [-0.2, -0.15) is 0 Å². The van der Waals surface area contributed by atoms with E-state index in [1.54, 1.807) is 12.3 Å². The van der Waals surface area contributed by atoms with Gasteiger partial charge in [0.05, 0.1) is 5.69 Å². The van der Waals surface area contributed by atoms with Crippen molar-refractivity contribution < 1.29 is 4.39 Å². The van der Waals surface area contributed by atoms with E-state index in [-0.39, 0.29) is 5.82 Å². The van der Waals surface area contributed by atoms with Crippen molar-refractivity contribution in [1.82, 2.24) is 9.97 Å². The number of pyridine rings is 2. The summed E-state index contributed by atoms with van der Waals surface area (Å²) in [7, 11) is 0. The Kier molecular flexibility index (Phi) is 5.79. The summed E-state index contributed by atoms with van der Waals surface area (Å²) in [4.78, 5) is 9.13. The number of nitrogens with one attached hydrogen (secondary N) is 3. The molecule has 2 heterocycles. The van der Waals surface area contributed by atoms with Crippen LogP contribution in [0.5, 0.6) is 0 Å². The molecule has 29 heavy (non-hydrogen) atoms. The van der Waals surface area contributed by atoms with Gasteiger partial charge < -0.3 is 16.0 Å². The number of hydrogen-bond donors (Lipinski definition) is 3. The maximum Gasteiger partial charge on any atom is 0.126 e. The molecule has 0 atom stereocenters. The highest BCUT2D eigenvalue weighted by Crippen LogP contribution is 2.24. The highest BCUT2D eigenvalue weighted by molar-refractivity contribution is 5.82. The lowest BCUT2D eigenvalue weighted by Crippen LogP contribution is -2.26. The van der Waals surface area contributed by atoms with Gasteiger partial charge >= 0.3 is 0 Å². The third-order valence-corrected chi connectivity index (χ3v) is 5.11. The van der Waals surface area contributed by atoms with Crippen molar-refractivity contribution >= 4 is 17.3 Å². The Morgan fingerprint density at radius 1 is 1.00 bits per heavy atom. The van der Waals surface area contributed by atoms with Crippen molar-refractivity contribution in [2.45, 2.75) is 38.3 Å². The van der Waals surface area contributed by atoms with Gasteiger partial charge in [-0.1, -0.05) is 18.2 Å². The summed E-state index contributed by atoms with van der Waals surface area (Å²) in [5.74, 6) is 1.34. The summed E-state index contributed by atoms with van der Waals surface area (Å²) < 4.78 is 13.3. The van der Waals surface area contributed by atoms with Crippen LogP contribution in [0.3, 0.4) is 0 Å². The first-order chi connectivity index (χ1) is 14.2. The number of rotatable bonds is 6. The molecule has 3 aromatic rings. The lowest BCUT2D eigenvalue weighted by atomic mass is 9.94. The monoisotopic (exact) mass is 389 g/mol. The van der Waals surface area contributed by atoms with E-state index in [0.29, 0.717) is 12.6 Å². The molecule has 0 aliphatic heterocycles. The van der Waals surface area contributed by atoms with Crippen molar-refractivity contribution in [3.8, 4) is 11.3 Å². The number of anilines is 2. The Morgan fingerprint density at radius 3 is 2.66 bits per heavy atom. The van der Waals surface area contributed by atoms with E-state index < -0.39 is 0 Å². The summed E-state index contributed by atoms with van der Waals surface area (Å²) in [5.41, 5.74) is 3.55. The van der Waals surface area contributed by atoms with Crippen molar-refractivity contribution in [3.05, 3.63) is 72.2 Å². The van der Waals surface area contributed by atoms with Gasteiger partial charge in [0.2, 0.25) is 0 Å². The molecule has 0 radical (unpaired) electrons. The maximum atomic E-state index is 13.3. The van der Waals surface area contributed by atoms with Gasteiger partial charge in [-0.05, 0) is 67.6 Å². The number of halogens is 1. The minimum Gasteiger partial charge on any atom is -0.367 e. The van der Waals surface area contributed by atoms with E-state index in [2.05, 4.69) is 20.6 Å². The number of aromatic nitrogens is 2. The summed E-state index contributed by atoms with van der Waals surface area (Å²) >= 11 is 0. The molecule has 2 aromatic heterocycles. The van der Waals surface area contributed by atoms with Crippen LogP contribution in [0, 0.1) is 11.2 Å². The van der Waals surface area contributed by atoms with Crippen LogP contribution in [0.4, 0.5) is 16.0 Å². The van der Waals surface area contributed by atoms with E-state index >= 15 is 0 Å². The molecule has 0 spiro atoms. The predicted octanol–water partition coefficient (Wildman–Crippen LogP) is 5.27. The summed E-state index contributed by atoms with van der Waals surface area (Å²) in [6, 6.07) is 16.7. The van der Waals surface area contributed by atoms with Crippen LogP contribution >= 0.6 is 0 Å². The molecule has 3 N–H and O–H groups in total. The molecule has 148 valence electrons. The molecule has 1 fully saturated rings. The average Bonchev–Trinajstić information content (AvgIpc) is 2.74. The van der Waals surface area contributed by atoms with Crippen LogP contribution in [-0.4, -0.2) is 21.7 Å². The largest absolute Gasteiger partial charge is 0.367 e. The summed E-state index contributed by atoms with van der Waals surface area (Å²) in [6.07, 6.45) is 5.46. The third kappa shape index (κ3) is 5.16. The molecular formula is C23H24FN5. The molecule has 5 nitrogen and oxygen atoms in total. The second-order valence-electron chi connectivity index (χ2n) is 7.34. The van der Waals surface area contributed by atoms with E-state index in [0.717, 1.165) is 59.9 Å². The smallest absolute Gasteiger partial charge is 0.126 e. The fourth-order valence-corrected chi connectivity index (χ4v) is 3.52. The normalized spacial score (nSPS) is 16.4. The average molecular weight is 389 g/mol. The second-order valence-corrected chi connectivity index (χ2v) is 7.34. The quantitative estimate of drug-likeness (QED) is 0.537. The fourth-order valence-electron chi connectivity index (χ4n) is 3.52. The minimum atomic E-state index is -0.238. The van der Waals surface area contributed by atoms with Gasteiger partial charge in [0.1, 0.15) is 17.5 Å². The Morgan fingerprint density at radius 2 is 1.83 bits per heavy atom. The van der Waals surface area contributed by atoms with Crippen molar-refractivity contribution in [2.24, 2.45) is 0 Å². The highest BCUT2D eigenvalue weighted by Gasteiger charge is 2.16. The molecule has 0 unspecified atom stereocenters. The Hall–Kier alpha value is -3.28. The molecule has 1 aliphatic carbocycles. The first-order valence-electron chi connectivity index (χ1n) is 9.90. The van der Waals surface area contributed by atoms with Crippen molar-refractivity contribution in [2.75, 3.05) is 10.6 Å². The summed E-state index contributed by atoms with van der Waals surface area (Å²) in [6.45, 7) is 0.508. The number of hydrogen-bond acceptors (Lipinski definition) is 5. The zero-order chi connectivity index (χ0) is 20.1. The third-order valence-electron chi connectivity index (χ3n) is 5.11. The molecule has 1 aliphatic rings. The van der Waals surface area contributed by atoms with Crippen LogP contribution in [0.1, 0.15) is 31.2 Å². The zero-order valence-corrected chi connectivity index (χ0v) is 16.2. The van der Waals surface area contributed by atoms with Gasteiger partial charge in [-0.25, -0.2) is 14.4 Å². The van der Waals surface area contributed by atoms with Gasteiger partial charge in [-0.15, -0.1) is 0 Å². The van der Waals surface area contributed by atoms with E-state index in [1.807, 2.05) is 36.4 Å². The molecule has 0 saturated heterocycles. The van der Waals surface area contributed by atoms with Gasteiger partial charge in [-0.3, -0.25) is 0 Å². The first kappa shape index (κ1) is 19.1. The lowest BCUT2D eigenvalue weighted by Gasteiger charge is -2.24. The molecule has 0 bridgehead atoms. The first-order valence-corrected chi connectivity index (χ1v) is 9.90. The van der Waals surface area contributed by atoms with E-state index in [9.17, 15) is 4.39 Å². The van der Waals surface area contributed by atoms with Crippen molar-refractivity contribution in [1.29, 1.82) is 5.41 Å². The minimum absolute atomic E-state index is 0.238.